The van der Waals surface area contributed by atoms with Gasteiger partial charge in [0.1, 0.15) is 0 Å². The molecule has 0 atom stereocenters. The SMILES string of the molecule is Cc1cc(Cl)ccc1NC(=O)CSC12CC3CC(CC(C3)C1)C2. The maximum atomic E-state index is 12.4. The van der Waals surface area contributed by atoms with Crippen molar-refractivity contribution in [2.75, 3.05) is 11.1 Å². The van der Waals surface area contributed by atoms with Crippen LogP contribution in [0.15, 0.2) is 18.2 Å². The van der Waals surface area contributed by atoms with Crippen molar-refractivity contribution in [3.05, 3.63) is 28.8 Å². The number of anilines is 1. The second-order valence-corrected chi connectivity index (χ2v) is 9.78. The van der Waals surface area contributed by atoms with Crippen molar-refractivity contribution < 1.29 is 4.79 Å². The van der Waals surface area contributed by atoms with E-state index in [2.05, 4.69) is 5.32 Å². The molecule has 4 saturated carbocycles. The van der Waals surface area contributed by atoms with Crippen LogP contribution in [0.25, 0.3) is 0 Å². The van der Waals surface area contributed by atoms with Crippen LogP contribution in [0.5, 0.6) is 0 Å². The number of halogens is 1. The van der Waals surface area contributed by atoms with Gasteiger partial charge >= 0.3 is 0 Å². The van der Waals surface area contributed by atoms with Gasteiger partial charge in [-0.2, -0.15) is 0 Å². The Hall–Kier alpha value is -0.670. The van der Waals surface area contributed by atoms with Gasteiger partial charge in [0.05, 0.1) is 5.75 Å². The molecule has 0 spiro atoms. The van der Waals surface area contributed by atoms with Crippen LogP contribution in [0.4, 0.5) is 5.69 Å². The van der Waals surface area contributed by atoms with Crippen LogP contribution in [-0.2, 0) is 4.79 Å². The van der Waals surface area contributed by atoms with Crippen LogP contribution in [0.3, 0.4) is 0 Å². The summed E-state index contributed by atoms with van der Waals surface area (Å²) in [4.78, 5) is 12.4. The van der Waals surface area contributed by atoms with E-state index in [0.717, 1.165) is 29.0 Å². The summed E-state index contributed by atoms with van der Waals surface area (Å²) in [5.41, 5.74) is 1.90. The fourth-order valence-electron chi connectivity index (χ4n) is 5.38. The molecule has 0 saturated heterocycles. The van der Waals surface area contributed by atoms with Gasteiger partial charge in [-0.1, -0.05) is 11.6 Å². The van der Waals surface area contributed by atoms with Crippen LogP contribution >= 0.6 is 23.4 Å². The van der Waals surface area contributed by atoms with Crippen LogP contribution in [0.1, 0.15) is 44.1 Å². The Morgan fingerprint density at radius 1 is 1.22 bits per heavy atom. The molecule has 0 aromatic heterocycles. The highest BCUT2D eigenvalue weighted by molar-refractivity contribution is 8.01. The van der Waals surface area contributed by atoms with Gasteiger partial charge in [-0.05, 0) is 87.0 Å². The van der Waals surface area contributed by atoms with E-state index in [1.54, 1.807) is 0 Å². The number of aryl methyl sites for hydroxylation is 1. The number of hydrogen-bond donors (Lipinski definition) is 1. The van der Waals surface area contributed by atoms with Crippen LogP contribution in [0, 0.1) is 24.7 Å². The summed E-state index contributed by atoms with van der Waals surface area (Å²) < 4.78 is 0.404. The first kappa shape index (κ1) is 15.8. The van der Waals surface area contributed by atoms with Crippen molar-refractivity contribution in [2.24, 2.45) is 17.8 Å². The molecule has 2 nitrogen and oxygen atoms in total. The molecule has 5 rings (SSSR count). The van der Waals surface area contributed by atoms with Crippen LogP contribution in [0.2, 0.25) is 5.02 Å². The lowest BCUT2D eigenvalue weighted by Gasteiger charge is -2.56. The molecule has 4 heteroatoms. The third-order valence-electron chi connectivity index (χ3n) is 5.95. The zero-order valence-corrected chi connectivity index (χ0v) is 15.2. The molecule has 1 amide bonds. The summed E-state index contributed by atoms with van der Waals surface area (Å²) >= 11 is 7.91. The van der Waals surface area contributed by atoms with Crippen molar-refractivity contribution in [3.63, 3.8) is 0 Å². The molecule has 1 aromatic carbocycles. The van der Waals surface area contributed by atoms with E-state index in [0.29, 0.717) is 15.5 Å². The van der Waals surface area contributed by atoms with E-state index >= 15 is 0 Å². The van der Waals surface area contributed by atoms with Crippen molar-refractivity contribution in [1.29, 1.82) is 0 Å². The van der Waals surface area contributed by atoms with E-state index in [9.17, 15) is 4.79 Å². The largest absolute Gasteiger partial charge is 0.325 e. The Bertz CT molecular complexity index is 595. The van der Waals surface area contributed by atoms with Crippen molar-refractivity contribution >= 4 is 35.0 Å². The number of carbonyl (C=O) groups is 1. The first-order valence-corrected chi connectivity index (χ1v) is 10.1. The first-order chi connectivity index (χ1) is 11.0. The standard InChI is InChI=1S/C19H24ClNOS/c1-12-4-16(20)2-3-17(12)21-18(22)11-23-19-8-13-5-14(9-19)7-15(6-13)10-19/h2-4,13-15H,5-11H2,1H3,(H,21,22). The van der Waals surface area contributed by atoms with Gasteiger partial charge in [0.25, 0.3) is 0 Å². The second kappa shape index (κ2) is 6.00. The molecule has 124 valence electrons. The third kappa shape index (κ3) is 3.28. The Balaban J connectivity index is 1.36. The monoisotopic (exact) mass is 349 g/mol. The van der Waals surface area contributed by atoms with E-state index in [1.807, 2.05) is 36.9 Å². The van der Waals surface area contributed by atoms with Crippen molar-refractivity contribution in [3.8, 4) is 0 Å². The molecule has 4 fully saturated rings. The Morgan fingerprint density at radius 2 is 1.83 bits per heavy atom. The van der Waals surface area contributed by atoms with Gasteiger partial charge in [0, 0.05) is 15.5 Å². The number of carbonyl (C=O) groups excluding carboxylic acids is 1. The molecule has 4 bridgehead atoms. The lowest BCUT2D eigenvalue weighted by molar-refractivity contribution is -0.113. The maximum Gasteiger partial charge on any atom is 0.234 e. The highest BCUT2D eigenvalue weighted by Gasteiger charge is 2.51. The van der Waals surface area contributed by atoms with Crippen molar-refractivity contribution in [2.45, 2.75) is 50.2 Å². The first-order valence-electron chi connectivity index (χ1n) is 8.71. The average Bonchev–Trinajstić information content (AvgIpc) is 2.47. The lowest BCUT2D eigenvalue weighted by atomic mass is 9.56. The number of nitrogens with one attached hydrogen (secondary N) is 1. The van der Waals surface area contributed by atoms with E-state index in [4.69, 9.17) is 11.6 Å². The minimum Gasteiger partial charge on any atom is -0.325 e. The molecule has 0 unspecified atom stereocenters. The highest BCUT2D eigenvalue weighted by Crippen LogP contribution is 2.60. The number of thioether (sulfide) groups is 1. The molecule has 0 heterocycles. The van der Waals surface area contributed by atoms with E-state index in [1.165, 1.54) is 38.5 Å². The molecular weight excluding hydrogens is 326 g/mol. The molecule has 0 radical (unpaired) electrons. The molecule has 4 aliphatic carbocycles. The summed E-state index contributed by atoms with van der Waals surface area (Å²) in [7, 11) is 0. The fourth-order valence-corrected chi connectivity index (χ4v) is 7.18. The molecule has 23 heavy (non-hydrogen) atoms. The number of hydrogen-bond acceptors (Lipinski definition) is 2. The predicted octanol–water partition coefficient (Wildman–Crippen LogP) is 5.29. The van der Waals surface area contributed by atoms with Gasteiger partial charge in [0.15, 0.2) is 0 Å². The van der Waals surface area contributed by atoms with Crippen molar-refractivity contribution in [1.82, 2.24) is 0 Å². The predicted molar refractivity (Wildman–Crippen MR) is 98.2 cm³/mol. The summed E-state index contributed by atoms with van der Waals surface area (Å²) in [6.07, 6.45) is 8.40. The van der Waals surface area contributed by atoms with Gasteiger partial charge in [-0.15, -0.1) is 11.8 Å². The Kier molecular flexibility index (Phi) is 4.13. The topological polar surface area (TPSA) is 29.1 Å². The second-order valence-electron chi connectivity index (χ2n) is 7.90. The Morgan fingerprint density at radius 3 is 2.39 bits per heavy atom. The highest BCUT2D eigenvalue weighted by atomic mass is 35.5. The van der Waals surface area contributed by atoms with Gasteiger partial charge in [-0.25, -0.2) is 0 Å². The zero-order valence-electron chi connectivity index (χ0n) is 13.6. The van der Waals surface area contributed by atoms with E-state index in [-0.39, 0.29) is 5.91 Å². The summed E-state index contributed by atoms with van der Waals surface area (Å²) in [6.45, 7) is 1.98. The summed E-state index contributed by atoms with van der Waals surface area (Å²) in [5, 5.41) is 3.76. The quantitative estimate of drug-likeness (QED) is 0.800. The molecule has 1 aromatic rings. The summed E-state index contributed by atoms with van der Waals surface area (Å²) in [5.74, 6) is 3.52. The fraction of sp³-hybridized carbons (Fsp3) is 0.632. The molecular formula is C19H24ClNOS. The third-order valence-corrected chi connectivity index (χ3v) is 7.71. The minimum absolute atomic E-state index is 0.121. The zero-order chi connectivity index (χ0) is 16.0. The number of rotatable bonds is 4. The Labute approximate surface area is 147 Å². The van der Waals surface area contributed by atoms with Crippen LogP contribution < -0.4 is 5.32 Å². The maximum absolute atomic E-state index is 12.4. The molecule has 1 N–H and O–H groups in total. The van der Waals surface area contributed by atoms with Gasteiger partial charge < -0.3 is 5.32 Å². The minimum atomic E-state index is 0.121. The summed E-state index contributed by atoms with van der Waals surface area (Å²) in [6, 6.07) is 5.62. The lowest BCUT2D eigenvalue weighted by Crippen LogP contribution is -2.49. The number of amides is 1. The molecule has 4 aliphatic rings. The van der Waals surface area contributed by atoms with Crippen LogP contribution in [-0.4, -0.2) is 16.4 Å². The normalized spacial score (nSPS) is 34.6. The van der Waals surface area contributed by atoms with Gasteiger partial charge in [0.2, 0.25) is 5.91 Å². The molecule has 0 aliphatic heterocycles. The smallest absolute Gasteiger partial charge is 0.234 e. The number of benzene rings is 1. The van der Waals surface area contributed by atoms with Gasteiger partial charge in [-0.3, -0.25) is 4.79 Å². The average molecular weight is 350 g/mol. The van der Waals surface area contributed by atoms with E-state index < -0.39 is 0 Å².